The van der Waals surface area contributed by atoms with Crippen molar-refractivity contribution in [3.8, 4) is 11.5 Å². The smallest absolute Gasteiger partial charge is 0.323 e. The monoisotopic (exact) mass is 333 g/mol. The number of methoxy groups -OCH3 is 2. The van der Waals surface area contributed by atoms with E-state index in [-0.39, 0.29) is 24.9 Å². The summed E-state index contributed by atoms with van der Waals surface area (Å²) in [7, 11) is 3.10. The maximum absolute atomic E-state index is 12.7. The van der Waals surface area contributed by atoms with Crippen LogP contribution in [0, 0.1) is 5.92 Å². The zero-order valence-corrected chi connectivity index (χ0v) is 14.0. The lowest BCUT2D eigenvalue weighted by Gasteiger charge is -2.27. The molecule has 2 rings (SSSR count). The van der Waals surface area contributed by atoms with Crippen LogP contribution in [0.5, 0.6) is 11.5 Å². The predicted molar refractivity (Wildman–Crippen MR) is 89.1 cm³/mol. The molecule has 1 atom stereocenters. The van der Waals surface area contributed by atoms with Crippen LogP contribution in [0.4, 0.5) is 0 Å². The van der Waals surface area contributed by atoms with E-state index in [1.807, 2.05) is 6.08 Å². The van der Waals surface area contributed by atoms with Gasteiger partial charge in [-0.05, 0) is 37.0 Å². The molecule has 1 aliphatic carbocycles. The highest BCUT2D eigenvalue weighted by Crippen LogP contribution is 2.25. The van der Waals surface area contributed by atoms with E-state index < -0.39 is 5.97 Å². The minimum atomic E-state index is -1.02. The highest BCUT2D eigenvalue weighted by Gasteiger charge is 2.26. The Morgan fingerprint density at radius 3 is 2.33 bits per heavy atom. The van der Waals surface area contributed by atoms with Crippen molar-refractivity contribution in [2.75, 3.05) is 20.8 Å². The van der Waals surface area contributed by atoms with Gasteiger partial charge in [0.1, 0.15) is 18.0 Å². The largest absolute Gasteiger partial charge is 0.497 e. The first-order valence-corrected chi connectivity index (χ1v) is 7.91. The molecule has 6 heteroatoms. The predicted octanol–water partition coefficient (Wildman–Crippen LogP) is 2.47. The molecule has 0 saturated carbocycles. The molecule has 1 amide bonds. The molecule has 1 N–H and O–H groups in total. The maximum Gasteiger partial charge on any atom is 0.323 e. The summed E-state index contributed by atoms with van der Waals surface area (Å²) in [5.41, 5.74) is 0.771. The first kappa shape index (κ1) is 17.8. The lowest BCUT2D eigenvalue weighted by molar-refractivity contribution is -0.147. The van der Waals surface area contributed by atoms with Gasteiger partial charge in [-0.3, -0.25) is 9.59 Å². The van der Waals surface area contributed by atoms with E-state index in [4.69, 9.17) is 14.6 Å². The molecule has 0 aliphatic heterocycles. The van der Waals surface area contributed by atoms with Crippen LogP contribution in [0.25, 0.3) is 0 Å². The average Bonchev–Trinajstić information content (AvgIpc) is 2.60. The van der Waals surface area contributed by atoms with Gasteiger partial charge in [0.15, 0.2) is 0 Å². The van der Waals surface area contributed by atoms with Crippen molar-refractivity contribution in [2.24, 2.45) is 5.92 Å². The van der Waals surface area contributed by atoms with Crippen molar-refractivity contribution in [3.63, 3.8) is 0 Å². The second kappa shape index (κ2) is 8.38. The molecule has 0 aromatic heterocycles. The highest BCUT2D eigenvalue weighted by molar-refractivity contribution is 5.83. The van der Waals surface area contributed by atoms with Crippen LogP contribution < -0.4 is 9.47 Å². The lowest BCUT2D eigenvalue weighted by Crippen LogP contribution is -2.39. The first-order valence-electron chi connectivity index (χ1n) is 7.91. The normalized spacial score (nSPS) is 16.5. The van der Waals surface area contributed by atoms with E-state index >= 15 is 0 Å². The van der Waals surface area contributed by atoms with E-state index in [9.17, 15) is 9.59 Å². The van der Waals surface area contributed by atoms with Crippen LogP contribution in [0.1, 0.15) is 24.8 Å². The highest BCUT2D eigenvalue weighted by atomic mass is 16.5. The number of carbonyl (C=O) groups excluding carboxylic acids is 1. The third-order valence-electron chi connectivity index (χ3n) is 4.04. The molecule has 0 heterocycles. The second-order valence-corrected chi connectivity index (χ2v) is 5.79. The summed E-state index contributed by atoms with van der Waals surface area (Å²) in [4.78, 5) is 25.3. The van der Waals surface area contributed by atoms with Crippen molar-refractivity contribution in [2.45, 2.75) is 25.8 Å². The van der Waals surface area contributed by atoms with Gasteiger partial charge in [0.25, 0.3) is 0 Å². The van der Waals surface area contributed by atoms with Gasteiger partial charge in [-0.2, -0.15) is 0 Å². The topological polar surface area (TPSA) is 76.1 Å². The molecule has 130 valence electrons. The first-order chi connectivity index (χ1) is 11.5. The van der Waals surface area contributed by atoms with E-state index in [2.05, 4.69) is 6.08 Å². The van der Waals surface area contributed by atoms with Crippen LogP contribution in [0.3, 0.4) is 0 Å². The summed E-state index contributed by atoms with van der Waals surface area (Å²) in [5, 5.41) is 9.15. The Balaban J connectivity index is 2.20. The van der Waals surface area contributed by atoms with Gasteiger partial charge in [0.05, 0.1) is 14.2 Å². The zero-order valence-electron chi connectivity index (χ0n) is 14.0. The minimum Gasteiger partial charge on any atom is -0.497 e. The van der Waals surface area contributed by atoms with Gasteiger partial charge in [0, 0.05) is 18.5 Å². The molecule has 0 saturated heterocycles. The van der Waals surface area contributed by atoms with Crippen molar-refractivity contribution in [3.05, 3.63) is 35.9 Å². The third-order valence-corrected chi connectivity index (χ3v) is 4.04. The van der Waals surface area contributed by atoms with Crippen molar-refractivity contribution >= 4 is 11.9 Å². The number of allylic oxidation sites excluding steroid dienone is 2. The Labute approximate surface area is 141 Å². The van der Waals surface area contributed by atoms with Gasteiger partial charge >= 0.3 is 5.97 Å². The number of carboxylic acids is 1. The molecule has 1 aromatic rings. The molecule has 1 aliphatic rings. The van der Waals surface area contributed by atoms with Crippen molar-refractivity contribution in [1.29, 1.82) is 0 Å². The van der Waals surface area contributed by atoms with E-state index in [1.165, 1.54) is 4.90 Å². The molecule has 0 fully saturated rings. The van der Waals surface area contributed by atoms with Crippen molar-refractivity contribution < 1.29 is 24.2 Å². The Morgan fingerprint density at radius 2 is 1.83 bits per heavy atom. The van der Waals surface area contributed by atoms with Crippen LogP contribution in [0.15, 0.2) is 30.4 Å². The quantitative estimate of drug-likeness (QED) is 0.776. The Bertz CT molecular complexity index is 604. The fourth-order valence-corrected chi connectivity index (χ4v) is 2.83. The molecule has 6 nitrogen and oxygen atoms in total. The standard InChI is InChI=1S/C18H23NO5/c1-23-15-8-13(9-16(10-15)24-2)11-19(12-17(20)21)18(22)14-6-4-3-5-7-14/h3-4,8-10,14H,5-7,11-12H2,1-2H3,(H,20,21). The Hall–Kier alpha value is -2.50. The molecule has 0 spiro atoms. The summed E-state index contributed by atoms with van der Waals surface area (Å²) in [6.07, 6.45) is 6.31. The molecule has 24 heavy (non-hydrogen) atoms. The van der Waals surface area contributed by atoms with Gasteiger partial charge in [0.2, 0.25) is 5.91 Å². The summed E-state index contributed by atoms with van der Waals surface area (Å²) >= 11 is 0. The molecule has 1 unspecified atom stereocenters. The number of carbonyl (C=O) groups is 2. The zero-order chi connectivity index (χ0) is 17.5. The van der Waals surface area contributed by atoms with Gasteiger partial charge in [-0.1, -0.05) is 12.2 Å². The molecule has 0 bridgehead atoms. The van der Waals surface area contributed by atoms with Gasteiger partial charge < -0.3 is 19.5 Å². The summed E-state index contributed by atoms with van der Waals surface area (Å²) in [6.45, 7) is -0.114. The minimum absolute atomic E-state index is 0.122. The van der Waals surface area contributed by atoms with Crippen LogP contribution >= 0.6 is 0 Å². The molecule has 0 radical (unpaired) electrons. The summed E-state index contributed by atoms with van der Waals surface area (Å²) in [5.74, 6) is -0.0877. The fraction of sp³-hybridized carbons (Fsp3) is 0.444. The summed E-state index contributed by atoms with van der Waals surface area (Å²) in [6, 6.07) is 5.30. The van der Waals surface area contributed by atoms with Crippen molar-refractivity contribution in [1.82, 2.24) is 4.90 Å². The number of amides is 1. The number of hydrogen-bond acceptors (Lipinski definition) is 4. The Morgan fingerprint density at radius 1 is 1.17 bits per heavy atom. The number of carboxylic acid groups (broad SMARTS) is 1. The number of benzene rings is 1. The van der Waals surface area contributed by atoms with Crippen LogP contribution in [0.2, 0.25) is 0 Å². The number of aliphatic carboxylic acids is 1. The van der Waals surface area contributed by atoms with Gasteiger partial charge in [-0.15, -0.1) is 0 Å². The van der Waals surface area contributed by atoms with E-state index in [0.717, 1.165) is 18.4 Å². The third kappa shape index (κ3) is 4.75. The Kier molecular flexibility index (Phi) is 6.23. The SMILES string of the molecule is COc1cc(CN(CC(=O)O)C(=O)C2CC=CCC2)cc(OC)c1. The second-order valence-electron chi connectivity index (χ2n) is 5.79. The molecular weight excluding hydrogens is 310 g/mol. The van der Waals surface area contributed by atoms with Gasteiger partial charge in [-0.25, -0.2) is 0 Å². The fourth-order valence-electron chi connectivity index (χ4n) is 2.83. The number of rotatable bonds is 7. The number of nitrogens with zero attached hydrogens (tertiary/aromatic N) is 1. The van der Waals surface area contributed by atoms with Crippen LogP contribution in [-0.4, -0.2) is 42.6 Å². The maximum atomic E-state index is 12.7. The molecule has 1 aromatic carbocycles. The number of hydrogen-bond donors (Lipinski definition) is 1. The van der Waals surface area contributed by atoms with E-state index in [1.54, 1.807) is 32.4 Å². The van der Waals surface area contributed by atoms with E-state index in [0.29, 0.717) is 17.9 Å². The molecular formula is C18H23NO5. The summed E-state index contributed by atoms with van der Waals surface area (Å²) < 4.78 is 10.5. The number of ether oxygens (including phenoxy) is 2. The van der Waals surface area contributed by atoms with Crippen LogP contribution in [-0.2, 0) is 16.1 Å². The lowest BCUT2D eigenvalue weighted by atomic mass is 9.93. The average molecular weight is 333 g/mol.